The van der Waals surface area contributed by atoms with Gasteiger partial charge in [-0.1, -0.05) is 19.3 Å². The maximum absolute atomic E-state index is 14.3. The number of fused-ring (bicyclic) bond motifs is 1. The molecule has 15 unspecified atom stereocenters. The average Bonchev–Trinajstić information content (AvgIpc) is 0.871. The number of nitrogens with one attached hydrogen (secondary N) is 5. The Bertz CT molecular complexity index is 3840. The summed E-state index contributed by atoms with van der Waals surface area (Å²) in [5.74, 6) is -0.135. The van der Waals surface area contributed by atoms with Crippen LogP contribution in [0.1, 0.15) is 77.0 Å². The number of thioether (sulfide) groups is 1. The van der Waals surface area contributed by atoms with Gasteiger partial charge in [-0.3, -0.25) is 63.8 Å². The van der Waals surface area contributed by atoms with Crippen LogP contribution >= 0.6 is 61.1 Å². The Balaban J connectivity index is 1.08. The van der Waals surface area contributed by atoms with Gasteiger partial charge in [-0.25, -0.2) is 30.0 Å². The monoisotopic (exact) mass is 2160 g/mol. The van der Waals surface area contributed by atoms with E-state index in [-0.39, 0.29) is 87.9 Å². The van der Waals surface area contributed by atoms with Crippen molar-refractivity contribution in [2.45, 2.75) is 279 Å². The van der Waals surface area contributed by atoms with Crippen LogP contribution in [-0.2, 0) is 221 Å². The summed E-state index contributed by atoms with van der Waals surface area (Å²) >= 11 is 0.0577. The van der Waals surface area contributed by atoms with Gasteiger partial charge in [0, 0.05) is 135 Å². The minimum Gasteiger partial charge on any atom is -0.726 e. The predicted molar refractivity (Wildman–Crippen MR) is 440 cm³/mol. The molecule has 8 aliphatic rings. The Hall–Kier alpha value is -2.52. The summed E-state index contributed by atoms with van der Waals surface area (Å²) in [6.07, 6.45) is -45.7. The quantitative estimate of drug-likeness (QED) is 0.00719. The summed E-state index contributed by atoms with van der Waals surface area (Å²) in [4.78, 5) is 51.5. The van der Waals surface area contributed by atoms with Crippen LogP contribution in [0, 0.1) is 0 Å². The number of hydrogen-bond donors (Lipinski definition) is 5. The highest BCUT2D eigenvalue weighted by Gasteiger charge is 2.62. The summed E-state index contributed by atoms with van der Waals surface area (Å²) in [6.45, 7) is -3.79. The standard InChI is InChI=1S/C70H123N5O55S8/c1-93-28-36-47(53(97-5)58(100-8)64(104-12)108-36)115-66-61(103-11)55(99-7)49(38(110-66)30-95-3)116-67-60(102-10)54(98-6)48(37(109-67)29-94-2)114-65-59(101-9)52(96-4)46(35(107-65)27-73-44(78)23-16-14-20-25-71-42(76)22-15-13-19-26-72-43(77)24-18-17-21-41-45-34(33-131-41)74-70(79)75-45)113-69-63(122-138(90,91)92)56(119-133-128-124-81)50(39(111-69)31-105-136(84,85)86)117-68-62(121-135-130-126-83)57(120-134-129-125-82)51(118-132-127-123-80)40(112-68)32-106-137(87,88)89/h34-41,45-69,80-83H,13-33H2,1-12H3,(H,71,76)(H,72,77)(H,73,78)(H2,74,75,79)(H,84,85,86)(H,87,88,89)(H,90,91,92)/p-7/t34?,35?,36-,37?,38-,39-,40-,41?,45?,46+,47-,48+,49-,50-,51-,52+,53?,54+,55?,56?,57?,58?,59?,60?,61?,62?,63?,64+,65+,66-,67+,68-,69-/m1/s1. The van der Waals surface area contributed by atoms with Crippen LogP contribution in [0.5, 0.6) is 0 Å². The molecule has 8 saturated heterocycles. The van der Waals surface area contributed by atoms with Gasteiger partial charge in [-0.2, -0.15) is 11.8 Å². The van der Waals surface area contributed by atoms with Crippen LogP contribution in [0.15, 0.2) is 0 Å². The van der Waals surface area contributed by atoms with Gasteiger partial charge in [0.25, 0.3) is 0 Å². The van der Waals surface area contributed by atoms with Crippen LogP contribution in [0.25, 0.3) is 0 Å². The number of carbonyl (C=O) groups is 4. The molecule has 60 nitrogen and oxygen atoms in total. The Kier molecular flexibility index (Phi) is 54.8. The highest BCUT2D eigenvalue weighted by molar-refractivity contribution is 8.00. The van der Waals surface area contributed by atoms with E-state index in [1.165, 1.54) is 71.1 Å². The number of amides is 5. The molecule has 138 heavy (non-hydrogen) atoms. The molecule has 8 aliphatic heterocycles. The molecule has 5 amide bonds. The minimum absolute atomic E-state index is 0.00986. The molecule has 0 bridgehead atoms. The van der Waals surface area contributed by atoms with E-state index in [9.17, 15) is 79.1 Å². The zero-order valence-corrected chi connectivity index (χ0v) is 82.7. The predicted octanol–water partition coefficient (Wildman–Crippen LogP) is -6.35. The highest BCUT2D eigenvalue weighted by atomic mass is 32.3. The van der Waals surface area contributed by atoms with Crippen LogP contribution in [0.3, 0.4) is 0 Å². The highest BCUT2D eigenvalue weighted by Crippen LogP contribution is 2.45. The van der Waals surface area contributed by atoms with E-state index in [1.54, 1.807) is 0 Å². The summed E-state index contributed by atoms with van der Waals surface area (Å²) in [7, 11) is -2.03. The smallest absolute Gasteiger partial charge is 0.315 e. The average molecular weight is 2160 g/mol. The molecule has 8 rings (SSSR count). The van der Waals surface area contributed by atoms with Gasteiger partial charge in [-0.05, 0) is 38.5 Å². The number of hydrogen-bond acceptors (Lipinski definition) is 60. The van der Waals surface area contributed by atoms with Crippen molar-refractivity contribution >= 4 is 116 Å². The molecule has 0 saturated carbocycles. The zero-order valence-electron chi connectivity index (χ0n) is 76.1. The molecular formula is C70H116N5O55S8-7. The fourth-order valence-corrected chi connectivity index (χ4v) is 20.7. The molecule has 8 fully saturated rings. The molecule has 33 atom stereocenters. The van der Waals surface area contributed by atoms with E-state index < -0.39 is 278 Å². The van der Waals surface area contributed by atoms with Gasteiger partial charge in [0.2, 0.25) is 48.9 Å². The van der Waals surface area contributed by atoms with Gasteiger partial charge < -0.3 is 170 Å². The first-order valence-corrected chi connectivity index (χ1v) is 49.9. The molecule has 0 radical (unpaired) electrons. The third-order valence-corrected chi connectivity index (χ3v) is 27.1. The van der Waals surface area contributed by atoms with Crippen molar-refractivity contribution in [2.75, 3.05) is 144 Å². The zero-order chi connectivity index (χ0) is 101. The molecule has 68 heteroatoms. The van der Waals surface area contributed by atoms with Gasteiger partial charge in [0.1, 0.15) is 134 Å². The van der Waals surface area contributed by atoms with Crippen LogP contribution in [0.4, 0.5) is 4.79 Å². The lowest BCUT2D eigenvalue weighted by atomic mass is 9.94. The second kappa shape index (κ2) is 62.7. The topological polar surface area (TPSA) is 743 Å². The van der Waals surface area contributed by atoms with Crippen molar-refractivity contribution in [3.8, 4) is 0 Å². The van der Waals surface area contributed by atoms with Gasteiger partial charge in [0.05, 0.1) is 45.1 Å². The summed E-state index contributed by atoms with van der Waals surface area (Å²) in [5.41, 5.74) is 0. The Labute approximate surface area is 815 Å². The molecule has 8 heterocycles. The second-order valence-corrected chi connectivity index (χ2v) is 37.1. The number of rotatable bonds is 68. The third-order valence-electron chi connectivity index (χ3n) is 22.6. The largest absolute Gasteiger partial charge is 0.726 e. The third kappa shape index (κ3) is 36.8. The first-order chi connectivity index (χ1) is 66.3. The van der Waals surface area contributed by atoms with Crippen molar-refractivity contribution in [2.24, 2.45) is 0 Å². The van der Waals surface area contributed by atoms with Crippen molar-refractivity contribution in [3.63, 3.8) is 0 Å². The van der Waals surface area contributed by atoms with Crippen molar-refractivity contribution in [3.05, 3.63) is 0 Å². The lowest BCUT2D eigenvalue weighted by Crippen LogP contribution is -2.69. The summed E-state index contributed by atoms with van der Waals surface area (Å²) in [5, 5.41) is 72.7. The fourth-order valence-electron chi connectivity index (χ4n) is 16.6. The fraction of sp³-hybridized carbons (Fsp3) is 0.943. The van der Waals surface area contributed by atoms with Crippen LogP contribution in [-0.4, -0.2) is 408 Å². The van der Waals surface area contributed by atoms with E-state index in [1.807, 2.05) is 11.8 Å². The molecule has 5 N–H and O–H groups in total. The van der Waals surface area contributed by atoms with Crippen LogP contribution in [0.2, 0.25) is 0 Å². The van der Waals surface area contributed by atoms with Crippen molar-refractivity contribution in [1.82, 2.24) is 26.6 Å². The summed E-state index contributed by atoms with van der Waals surface area (Å²) in [6, 6.07) is 0.0579. The van der Waals surface area contributed by atoms with E-state index in [0.717, 1.165) is 32.8 Å². The Morgan fingerprint density at radius 2 is 0.688 bits per heavy atom. The van der Waals surface area contributed by atoms with Gasteiger partial charge in [-0.15, -0.1) is 17.3 Å². The summed E-state index contributed by atoms with van der Waals surface area (Å²) < 4.78 is 310. The number of urea groups is 1. The maximum atomic E-state index is 14.3. The molecule has 0 spiro atoms. The minimum atomic E-state index is -6.29. The van der Waals surface area contributed by atoms with Crippen molar-refractivity contribution < 1.29 is 255 Å². The first-order valence-electron chi connectivity index (χ1n) is 42.2. The van der Waals surface area contributed by atoms with Crippen molar-refractivity contribution in [1.29, 1.82) is 0 Å². The second-order valence-electron chi connectivity index (χ2n) is 30.9. The molecule has 806 valence electrons. The molecular weight excluding hydrogens is 2050 g/mol. The molecule has 0 aromatic carbocycles. The lowest BCUT2D eigenvalue weighted by Gasteiger charge is -2.52. The van der Waals surface area contributed by atoms with E-state index in [4.69, 9.17) is 130 Å². The number of methoxy groups -OCH3 is 12. The van der Waals surface area contributed by atoms with Gasteiger partial charge >= 0.3 is 6.03 Å². The molecule has 0 aromatic rings. The van der Waals surface area contributed by atoms with Crippen LogP contribution < -0.4 is 47.6 Å². The SMILES string of the molecule is COCC1O[C@@H](O[C@H]2C(OC)C(OC)[C@@H](O[C@H]3C(OC)C(OC)[C@@H](OC)O[C@@H]3COC)O[C@@H]2COC)C(OC)[C@@H](OC)[C@H]1O[C@@H]1OC(CNC(=O)CCCCCNC(=O)CCCCCNC(=O)CCCCC2SCC3NC(=O)NC32)[C@H](O[C@H]2O[C@H](COS(=O)(=O)[O-])[C@@H](O[C@H]3O[C@H](COS(=O)(=O)[O-])[C@@H](OSOO[O-])C(OSOO[O-])C3OSOO[O-])C(OSOO[O-])C2OS(=O)(=O)[O-])[C@H](OC)C1OC. The number of unbranched alkanes of at least 4 members (excludes halogenated alkanes) is 5. The van der Waals surface area contributed by atoms with E-state index in [0.29, 0.717) is 56.7 Å². The Morgan fingerprint density at radius 3 is 1.07 bits per heavy atom. The lowest BCUT2D eigenvalue weighted by molar-refractivity contribution is -0.778. The molecule has 0 aromatic heterocycles. The van der Waals surface area contributed by atoms with E-state index in [2.05, 4.69) is 72.4 Å². The van der Waals surface area contributed by atoms with E-state index >= 15 is 0 Å². The Morgan fingerprint density at radius 1 is 0.362 bits per heavy atom. The number of ether oxygens (including phenoxy) is 23. The maximum Gasteiger partial charge on any atom is 0.315 e. The molecule has 0 aliphatic carbocycles. The normalized spacial score (nSPS) is 34.7. The van der Waals surface area contributed by atoms with Gasteiger partial charge in [0.15, 0.2) is 99.2 Å². The number of carbonyl (C=O) groups excluding carboxylic acids is 4. The first kappa shape index (κ1) is 121.